The van der Waals surface area contributed by atoms with Crippen molar-refractivity contribution in [3.63, 3.8) is 0 Å². The molecule has 2 heterocycles. The van der Waals surface area contributed by atoms with Crippen molar-refractivity contribution in [2.24, 2.45) is 0 Å². The molecule has 0 saturated carbocycles. The highest BCUT2D eigenvalue weighted by Gasteiger charge is 1.97. The van der Waals surface area contributed by atoms with Crippen LogP contribution in [0.2, 0.25) is 0 Å². The number of hydrogen-bond acceptors (Lipinski definition) is 4. The fraction of sp³-hybridized carbons (Fsp3) is 0.250. The van der Waals surface area contributed by atoms with Gasteiger partial charge in [0, 0.05) is 18.9 Å². The van der Waals surface area contributed by atoms with Crippen LogP contribution >= 0.6 is 0 Å². The van der Waals surface area contributed by atoms with Crippen LogP contribution in [-0.2, 0) is 6.54 Å². The van der Waals surface area contributed by atoms with E-state index in [-0.39, 0.29) is 0 Å². The van der Waals surface area contributed by atoms with Crippen molar-refractivity contribution in [1.29, 1.82) is 5.26 Å². The van der Waals surface area contributed by atoms with Crippen LogP contribution in [0.25, 0.3) is 0 Å². The van der Waals surface area contributed by atoms with E-state index in [9.17, 15) is 0 Å². The quantitative estimate of drug-likeness (QED) is 0.861. The molecular weight excluding hydrogens is 214 g/mol. The molecule has 1 N–H and O–H groups in total. The lowest BCUT2D eigenvalue weighted by Crippen LogP contribution is -2.11. The molecule has 0 unspecified atom stereocenters. The predicted octanol–water partition coefficient (Wildman–Crippen LogP) is 1.57. The van der Waals surface area contributed by atoms with Crippen molar-refractivity contribution in [3.8, 4) is 6.07 Å². The fourth-order valence-corrected chi connectivity index (χ4v) is 1.48. The van der Waals surface area contributed by atoms with E-state index in [1.54, 1.807) is 18.3 Å². The molecule has 0 amide bonds. The molecule has 86 valence electrons. The smallest absolute Gasteiger partial charge is 0.127 e. The van der Waals surface area contributed by atoms with Crippen LogP contribution in [0, 0.1) is 18.3 Å². The van der Waals surface area contributed by atoms with Gasteiger partial charge in [0.25, 0.3) is 0 Å². The SMILES string of the molecule is Cc1cnn(CCNc2cc(C#N)ccn2)c1. The summed E-state index contributed by atoms with van der Waals surface area (Å²) in [5.74, 6) is 0.716. The Labute approximate surface area is 99.7 Å². The Morgan fingerprint density at radius 1 is 1.53 bits per heavy atom. The van der Waals surface area contributed by atoms with E-state index in [0.29, 0.717) is 11.4 Å². The summed E-state index contributed by atoms with van der Waals surface area (Å²) in [6.45, 7) is 3.50. The van der Waals surface area contributed by atoms with Gasteiger partial charge in [0.1, 0.15) is 5.82 Å². The summed E-state index contributed by atoms with van der Waals surface area (Å²) in [5, 5.41) is 16.1. The maximum absolute atomic E-state index is 8.75. The first-order valence-electron chi connectivity index (χ1n) is 5.37. The van der Waals surface area contributed by atoms with Gasteiger partial charge in [-0.05, 0) is 24.6 Å². The number of nitriles is 1. The average Bonchev–Trinajstić information content (AvgIpc) is 2.75. The summed E-state index contributed by atoms with van der Waals surface area (Å²) in [4.78, 5) is 4.13. The molecular formula is C12H13N5. The third kappa shape index (κ3) is 3.05. The molecule has 0 radical (unpaired) electrons. The van der Waals surface area contributed by atoms with E-state index < -0.39 is 0 Å². The Balaban J connectivity index is 1.88. The van der Waals surface area contributed by atoms with E-state index in [1.807, 2.05) is 24.0 Å². The number of pyridine rings is 1. The highest BCUT2D eigenvalue weighted by atomic mass is 15.3. The Kier molecular flexibility index (Phi) is 3.36. The van der Waals surface area contributed by atoms with Crippen LogP contribution in [0.5, 0.6) is 0 Å². The number of nitrogens with one attached hydrogen (secondary N) is 1. The van der Waals surface area contributed by atoms with Crippen LogP contribution < -0.4 is 5.32 Å². The first kappa shape index (κ1) is 11.1. The van der Waals surface area contributed by atoms with Crippen LogP contribution in [0.4, 0.5) is 5.82 Å². The Bertz CT molecular complexity index is 538. The molecule has 2 aromatic rings. The molecule has 2 rings (SSSR count). The molecule has 5 heteroatoms. The zero-order chi connectivity index (χ0) is 12.1. The first-order valence-corrected chi connectivity index (χ1v) is 5.37. The lowest BCUT2D eigenvalue weighted by Gasteiger charge is -2.05. The van der Waals surface area contributed by atoms with Gasteiger partial charge >= 0.3 is 0 Å². The van der Waals surface area contributed by atoms with Crippen LogP contribution in [-0.4, -0.2) is 21.3 Å². The summed E-state index contributed by atoms with van der Waals surface area (Å²) in [7, 11) is 0. The van der Waals surface area contributed by atoms with Crippen molar-refractivity contribution in [1.82, 2.24) is 14.8 Å². The van der Waals surface area contributed by atoms with Crippen LogP contribution in [0.1, 0.15) is 11.1 Å². The van der Waals surface area contributed by atoms with E-state index in [2.05, 4.69) is 21.5 Å². The molecule has 0 aliphatic carbocycles. The maximum Gasteiger partial charge on any atom is 0.127 e. The monoisotopic (exact) mass is 227 g/mol. The Morgan fingerprint density at radius 2 is 2.41 bits per heavy atom. The molecule has 0 aliphatic heterocycles. The summed E-state index contributed by atoms with van der Waals surface area (Å²) < 4.78 is 1.87. The summed E-state index contributed by atoms with van der Waals surface area (Å²) in [6.07, 6.45) is 5.44. The average molecular weight is 227 g/mol. The number of aryl methyl sites for hydroxylation is 1. The highest BCUT2D eigenvalue weighted by molar-refractivity contribution is 5.42. The standard InChI is InChI=1S/C12H13N5/c1-10-8-16-17(9-10)5-4-15-12-6-11(7-13)2-3-14-12/h2-3,6,8-9H,4-5H2,1H3,(H,14,15). The second kappa shape index (κ2) is 5.12. The third-order valence-corrected chi connectivity index (χ3v) is 2.30. The molecule has 0 bridgehead atoms. The minimum atomic E-state index is 0.609. The van der Waals surface area contributed by atoms with Gasteiger partial charge in [-0.15, -0.1) is 0 Å². The minimum absolute atomic E-state index is 0.609. The number of hydrogen-bond donors (Lipinski definition) is 1. The Hall–Kier alpha value is -2.35. The van der Waals surface area contributed by atoms with Gasteiger partial charge < -0.3 is 5.32 Å². The zero-order valence-corrected chi connectivity index (χ0v) is 9.59. The van der Waals surface area contributed by atoms with Gasteiger partial charge in [0.2, 0.25) is 0 Å². The van der Waals surface area contributed by atoms with Crippen molar-refractivity contribution in [3.05, 3.63) is 41.9 Å². The van der Waals surface area contributed by atoms with Gasteiger partial charge in [-0.25, -0.2) is 4.98 Å². The van der Waals surface area contributed by atoms with Gasteiger partial charge in [-0.3, -0.25) is 4.68 Å². The maximum atomic E-state index is 8.75. The first-order chi connectivity index (χ1) is 8.28. The minimum Gasteiger partial charge on any atom is -0.368 e. The molecule has 2 aromatic heterocycles. The topological polar surface area (TPSA) is 66.5 Å². The van der Waals surface area contributed by atoms with Crippen LogP contribution in [0.3, 0.4) is 0 Å². The third-order valence-electron chi connectivity index (χ3n) is 2.30. The number of aromatic nitrogens is 3. The molecule has 0 atom stereocenters. The van der Waals surface area contributed by atoms with Gasteiger partial charge in [-0.1, -0.05) is 0 Å². The lowest BCUT2D eigenvalue weighted by molar-refractivity contribution is 0.636. The van der Waals surface area contributed by atoms with Gasteiger partial charge in [0.15, 0.2) is 0 Å². The second-order valence-corrected chi connectivity index (χ2v) is 3.75. The van der Waals surface area contributed by atoms with Crippen LogP contribution in [0.15, 0.2) is 30.7 Å². The van der Waals surface area contributed by atoms with Crippen molar-refractivity contribution < 1.29 is 0 Å². The predicted molar refractivity (Wildman–Crippen MR) is 64.4 cm³/mol. The number of rotatable bonds is 4. The van der Waals surface area contributed by atoms with Gasteiger partial charge in [-0.2, -0.15) is 10.4 Å². The fourth-order valence-electron chi connectivity index (χ4n) is 1.48. The lowest BCUT2D eigenvalue weighted by atomic mass is 10.3. The molecule has 0 saturated heterocycles. The van der Waals surface area contributed by atoms with Crippen molar-refractivity contribution >= 4 is 5.82 Å². The molecule has 0 fully saturated rings. The van der Waals surface area contributed by atoms with Crippen molar-refractivity contribution in [2.45, 2.75) is 13.5 Å². The van der Waals surface area contributed by atoms with E-state index in [0.717, 1.165) is 18.7 Å². The molecule has 5 nitrogen and oxygen atoms in total. The highest BCUT2D eigenvalue weighted by Crippen LogP contribution is 2.05. The molecule has 0 spiro atoms. The second-order valence-electron chi connectivity index (χ2n) is 3.75. The van der Waals surface area contributed by atoms with E-state index in [1.165, 1.54) is 0 Å². The molecule has 0 aromatic carbocycles. The zero-order valence-electron chi connectivity index (χ0n) is 9.59. The number of nitrogens with zero attached hydrogens (tertiary/aromatic N) is 4. The largest absolute Gasteiger partial charge is 0.368 e. The Morgan fingerprint density at radius 3 is 3.12 bits per heavy atom. The number of anilines is 1. The van der Waals surface area contributed by atoms with Gasteiger partial charge in [0.05, 0.1) is 24.4 Å². The van der Waals surface area contributed by atoms with Crippen molar-refractivity contribution in [2.75, 3.05) is 11.9 Å². The molecule has 0 aliphatic rings. The normalized spacial score (nSPS) is 9.88. The molecule has 17 heavy (non-hydrogen) atoms. The summed E-state index contributed by atoms with van der Waals surface area (Å²) in [5.41, 5.74) is 1.76. The summed E-state index contributed by atoms with van der Waals surface area (Å²) >= 11 is 0. The van der Waals surface area contributed by atoms with E-state index >= 15 is 0 Å². The van der Waals surface area contributed by atoms with E-state index in [4.69, 9.17) is 5.26 Å². The summed E-state index contributed by atoms with van der Waals surface area (Å²) in [6, 6.07) is 5.49.